The van der Waals surface area contributed by atoms with Crippen LogP contribution in [0.4, 0.5) is 0 Å². The molecular formula is C16H16N2S. The van der Waals surface area contributed by atoms with Gasteiger partial charge in [-0.1, -0.05) is 24.3 Å². The van der Waals surface area contributed by atoms with E-state index in [2.05, 4.69) is 59.0 Å². The molecule has 3 heteroatoms. The van der Waals surface area contributed by atoms with Crippen LogP contribution in [0.5, 0.6) is 0 Å². The second kappa shape index (κ2) is 5.11. The number of nitrogens with zero attached hydrogens (tertiary/aromatic N) is 1. The van der Waals surface area contributed by atoms with Crippen molar-refractivity contribution in [3.8, 4) is 0 Å². The molecule has 19 heavy (non-hydrogen) atoms. The van der Waals surface area contributed by atoms with E-state index in [-0.39, 0.29) is 6.04 Å². The van der Waals surface area contributed by atoms with Gasteiger partial charge in [0.25, 0.3) is 0 Å². The van der Waals surface area contributed by atoms with Crippen LogP contribution in [-0.4, -0.2) is 12.0 Å². The van der Waals surface area contributed by atoms with E-state index in [9.17, 15) is 0 Å². The molecule has 2 heterocycles. The van der Waals surface area contributed by atoms with Crippen molar-refractivity contribution in [1.82, 2.24) is 10.3 Å². The second-order valence-corrected chi connectivity index (χ2v) is 5.69. The number of aryl methyl sites for hydroxylation is 1. The summed E-state index contributed by atoms with van der Waals surface area (Å²) in [5.41, 5.74) is 2.42. The molecule has 0 amide bonds. The van der Waals surface area contributed by atoms with Crippen LogP contribution in [-0.2, 0) is 0 Å². The number of benzene rings is 1. The highest BCUT2D eigenvalue weighted by atomic mass is 32.1. The highest BCUT2D eigenvalue weighted by Gasteiger charge is 2.18. The van der Waals surface area contributed by atoms with E-state index in [1.807, 2.05) is 13.2 Å². The van der Waals surface area contributed by atoms with Gasteiger partial charge >= 0.3 is 0 Å². The van der Waals surface area contributed by atoms with E-state index < -0.39 is 0 Å². The zero-order valence-corrected chi connectivity index (χ0v) is 11.9. The summed E-state index contributed by atoms with van der Waals surface area (Å²) < 4.78 is 0. The van der Waals surface area contributed by atoms with E-state index in [0.717, 1.165) is 5.69 Å². The molecule has 2 aromatic heterocycles. The summed E-state index contributed by atoms with van der Waals surface area (Å²) in [7, 11) is 1.99. The molecule has 1 aromatic carbocycles. The summed E-state index contributed by atoms with van der Waals surface area (Å²) in [5.74, 6) is 0. The van der Waals surface area contributed by atoms with E-state index in [1.54, 1.807) is 11.3 Å². The Morgan fingerprint density at radius 3 is 2.74 bits per heavy atom. The van der Waals surface area contributed by atoms with Crippen LogP contribution < -0.4 is 5.32 Å². The lowest BCUT2D eigenvalue weighted by Crippen LogP contribution is -2.19. The highest BCUT2D eigenvalue weighted by Crippen LogP contribution is 2.30. The fraction of sp³-hybridized carbons (Fsp3) is 0.188. The van der Waals surface area contributed by atoms with Crippen molar-refractivity contribution in [2.75, 3.05) is 7.05 Å². The van der Waals surface area contributed by atoms with Crippen molar-refractivity contribution < 1.29 is 0 Å². The van der Waals surface area contributed by atoms with Crippen molar-refractivity contribution >= 4 is 22.1 Å². The molecule has 3 rings (SSSR count). The fourth-order valence-corrected chi connectivity index (χ4v) is 3.25. The molecular weight excluding hydrogens is 252 g/mol. The number of hydrogen-bond donors (Lipinski definition) is 1. The summed E-state index contributed by atoms with van der Waals surface area (Å²) >= 11 is 1.78. The number of rotatable bonds is 3. The Kier molecular flexibility index (Phi) is 3.32. The number of hydrogen-bond acceptors (Lipinski definition) is 3. The zero-order valence-electron chi connectivity index (χ0n) is 11.1. The molecule has 0 bridgehead atoms. The molecule has 0 aliphatic heterocycles. The molecule has 0 aliphatic rings. The van der Waals surface area contributed by atoms with Gasteiger partial charge in [0.2, 0.25) is 0 Å². The van der Waals surface area contributed by atoms with Crippen LogP contribution >= 0.6 is 11.3 Å². The summed E-state index contributed by atoms with van der Waals surface area (Å²) in [6.45, 7) is 2.16. The number of thiophene rings is 1. The first kappa shape index (κ1) is 12.3. The first-order valence-electron chi connectivity index (χ1n) is 6.36. The minimum Gasteiger partial charge on any atom is -0.308 e. The van der Waals surface area contributed by atoms with Gasteiger partial charge in [0.05, 0.1) is 11.7 Å². The van der Waals surface area contributed by atoms with Gasteiger partial charge in [-0.15, -0.1) is 11.3 Å². The lowest BCUT2D eigenvalue weighted by atomic mass is 9.99. The number of aromatic nitrogens is 1. The van der Waals surface area contributed by atoms with Gasteiger partial charge in [-0.25, -0.2) is 0 Å². The third kappa shape index (κ3) is 2.15. The van der Waals surface area contributed by atoms with Crippen LogP contribution in [0, 0.1) is 6.92 Å². The molecule has 1 N–H and O–H groups in total. The maximum Gasteiger partial charge on any atom is 0.0766 e. The SMILES string of the molecule is CNC(c1ccsc1C)c1nccc2ccccc12. The predicted molar refractivity (Wildman–Crippen MR) is 81.7 cm³/mol. The maximum atomic E-state index is 4.62. The topological polar surface area (TPSA) is 24.9 Å². The third-order valence-electron chi connectivity index (χ3n) is 3.48. The van der Waals surface area contributed by atoms with Gasteiger partial charge < -0.3 is 5.32 Å². The standard InChI is InChI=1S/C16H16N2S/c1-11-13(8-10-19-11)15(17-2)16-14-6-4-3-5-12(14)7-9-18-16/h3-10,15,17H,1-2H3. The maximum absolute atomic E-state index is 4.62. The van der Waals surface area contributed by atoms with E-state index in [1.165, 1.54) is 21.2 Å². The Morgan fingerprint density at radius 1 is 1.16 bits per heavy atom. The van der Waals surface area contributed by atoms with Gasteiger partial charge in [0.15, 0.2) is 0 Å². The molecule has 0 saturated heterocycles. The zero-order chi connectivity index (χ0) is 13.2. The van der Waals surface area contributed by atoms with Crippen LogP contribution in [0.3, 0.4) is 0 Å². The minimum atomic E-state index is 0.150. The first-order valence-corrected chi connectivity index (χ1v) is 7.24. The smallest absolute Gasteiger partial charge is 0.0766 e. The average molecular weight is 268 g/mol. The van der Waals surface area contributed by atoms with Crippen LogP contribution in [0.25, 0.3) is 10.8 Å². The summed E-state index contributed by atoms with van der Waals surface area (Å²) in [6.07, 6.45) is 1.89. The largest absolute Gasteiger partial charge is 0.308 e. The van der Waals surface area contributed by atoms with Crippen molar-refractivity contribution in [2.45, 2.75) is 13.0 Å². The van der Waals surface area contributed by atoms with E-state index in [0.29, 0.717) is 0 Å². The number of pyridine rings is 1. The molecule has 1 unspecified atom stereocenters. The van der Waals surface area contributed by atoms with Crippen molar-refractivity contribution in [2.24, 2.45) is 0 Å². The number of nitrogens with one attached hydrogen (secondary N) is 1. The van der Waals surface area contributed by atoms with Gasteiger partial charge in [0, 0.05) is 16.5 Å². The molecule has 0 saturated carbocycles. The second-order valence-electron chi connectivity index (χ2n) is 4.57. The van der Waals surface area contributed by atoms with Gasteiger partial charge in [0.1, 0.15) is 0 Å². The van der Waals surface area contributed by atoms with Gasteiger partial charge in [-0.2, -0.15) is 0 Å². The van der Waals surface area contributed by atoms with Crippen LogP contribution in [0.1, 0.15) is 22.2 Å². The number of fused-ring (bicyclic) bond motifs is 1. The van der Waals surface area contributed by atoms with E-state index in [4.69, 9.17) is 0 Å². The molecule has 0 spiro atoms. The lowest BCUT2D eigenvalue weighted by Gasteiger charge is -2.17. The normalized spacial score (nSPS) is 12.7. The summed E-state index contributed by atoms with van der Waals surface area (Å²) in [6, 6.07) is 12.8. The molecule has 0 radical (unpaired) electrons. The van der Waals surface area contributed by atoms with E-state index >= 15 is 0 Å². The Bertz CT molecular complexity index is 697. The van der Waals surface area contributed by atoms with Crippen LogP contribution in [0.15, 0.2) is 48.0 Å². The summed E-state index contributed by atoms with van der Waals surface area (Å²) in [4.78, 5) is 5.96. The average Bonchev–Trinajstić information content (AvgIpc) is 2.86. The first-order chi connectivity index (χ1) is 9.31. The van der Waals surface area contributed by atoms with Gasteiger partial charge in [-0.05, 0) is 42.4 Å². The molecule has 2 nitrogen and oxygen atoms in total. The highest BCUT2D eigenvalue weighted by molar-refractivity contribution is 7.10. The quantitative estimate of drug-likeness (QED) is 0.779. The monoisotopic (exact) mass is 268 g/mol. The Balaban J connectivity index is 2.20. The van der Waals surface area contributed by atoms with Gasteiger partial charge in [-0.3, -0.25) is 4.98 Å². The van der Waals surface area contributed by atoms with Crippen molar-refractivity contribution in [3.05, 3.63) is 64.1 Å². The minimum absolute atomic E-state index is 0.150. The third-order valence-corrected chi connectivity index (χ3v) is 4.34. The molecule has 0 aliphatic carbocycles. The van der Waals surface area contributed by atoms with Crippen molar-refractivity contribution in [3.63, 3.8) is 0 Å². The Labute approximate surface area is 117 Å². The molecule has 3 aromatic rings. The van der Waals surface area contributed by atoms with Crippen LogP contribution in [0.2, 0.25) is 0 Å². The molecule has 96 valence electrons. The summed E-state index contributed by atoms with van der Waals surface area (Å²) in [5, 5.41) is 7.99. The fourth-order valence-electron chi connectivity index (χ4n) is 2.51. The van der Waals surface area contributed by atoms with Crippen molar-refractivity contribution in [1.29, 1.82) is 0 Å². The molecule has 1 atom stereocenters. The lowest BCUT2D eigenvalue weighted by molar-refractivity contribution is 0.676. The Morgan fingerprint density at radius 2 is 2.00 bits per heavy atom. The molecule has 0 fully saturated rings. The Hall–Kier alpha value is -1.71. The predicted octanol–water partition coefficient (Wildman–Crippen LogP) is 3.91.